The summed E-state index contributed by atoms with van der Waals surface area (Å²) in [6.07, 6.45) is 3.28. The fraction of sp³-hybridized carbons (Fsp3) is 0.700. The summed E-state index contributed by atoms with van der Waals surface area (Å²) in [6.45, 7) is 2.69. The molecule has 0 amide bonds. The maximum Gasteiger partial charge on any atom is 0.111 e. The van der Waals surface area contributed by atoms with Crippen LogP contribution in [-0.2, 0) is 17.4 Å². The topological polar surface area (TPSA) is 47.3 Å². The summed E-state index contributed by atoms with van der Waals surface area (Å²) < 4.78 is 7.15. The van der Waals surface area contributed by atoms with E-state index in [9.17, 15) is 5.11 Å². The molecular formula is C10H16N2O2. The van der Waals surface area contributed by atoms with Gasteiger partial charge >= 0.3 is 0 Å². The first kappa shape index (κ1) is 9.68. The van der Waals surface area contributed by atoms with Gasteiger partial charge in [0.25, 0.3) is 0 Å². The van der Waals surface area contributed by atoms with E-state index in [1.807, 2.05) is 20.0 Å². The molecule has 0 aromatic carbocycles. The van der Waals surface area contributed by atoms with Crippen LogP contribution in [0.15, 0.2) is 12.3 Å². The van der Waals surface area contributed by atoms with Crippen LogP contribution in [0.3, 0.4) is 0 Å². The van der Waals surface area contributed by atoms with E-state index in [0.717, 1.165) is 5.69 Å². The number of ether oxygens (including phenoxy) is 1. The van der Waals surface area contributed by atoms with Crippen molar-refractivity contribution in [2.75, 3.05) is 6.61 Å². The van der Waals surface area contributed by atoms with Crippen LogP contribution in [0, 0.1) is 0 Å². The lowest BCUT2D eigenvalue weighted by molar-refractivity contribution is -0.146. The molecule has 1 fully saturated rings. The first-order valence-electron chi connectivity index (χ1n) is 4.98. The van der Waals surface area contributed by atoms with Crippen LogP contribution in [0.25, 0.3) is 0 Å². The molecule has 1 saturated carbocycles. The zero-order valence-electron chi connectivity index (χ0n) is 8.60. The third kappa shape index (κ3) is 1.44. The molecule has 2 rings (SSSR count). The molecule has 1 aliphatic carbocycles. The SMILES string of the molecule is CCOC1CC(O)(c2ccnn2C)C1. The summed E-state index contributed by atoms with van der Waals surface area (Å²) in [5, 5.41) is 14.3. The average molecular weight is 196 g/mol. The molecule has 1 aromatic heterocycles. The lowest BCUT2D eigenvalue weighted by Gasteiger charge is -2.42. The van der Waals surface area contributed by atoms with Crippen LogP contribution < -0.4 is 0 Å². The molecule has 0 aliphatic heterocycles. The molecule has 0 spiro atoms. The van der Waals surface area contributed by atoms with Crippen molar-refractivity contribution in [2.24, 2.45) is 7.05 Å². The zero-order chi connectivity index (χ0) is 10.2. The van der Waals surface area contributed by atoms with E-state index in [4.69, 9.17) is 4.74 Å². The smallest absolute Gasteiger partial charge is 0.111 e. The fourth-order valence-corrected chi connectivity index (χ4v) is 2.09. The molecule has 0 radical (unpaired) electrons. The van der Waals surface area contributed by atoms with Gasteiger partial charge < -0.3 is 9.84 Å². The standard InChI is InChI=1S/C10H16N2O2/c1-3-14-8-6-10(13,7-8)9-4-5-11-12(9)2/h4-5,8,13H,3,6-7H2,1-2H3. The van der Waals surface area contributed by atoms with E-state index in [2.05, 4.69) is 5.10 Å². The van der Waals surface area contributed by atoms with Crippen LogP contribution >= 0.6 is 0 Å². The van der Waals surface area contributed by atoms with Crippen molar-refractivity contribution < 1.29 is 9.84 Å². The lowest BCUT2D eigenvalue weighted by atomic mass is 9.75. The van der Waals surface area contributed by atoms with Gasteiger partial charge in [-0.15, -0.1) is 0 Å². The molecule has 14 heavy (non-hydrogen) atoms. The van der Waals surface area contributed by atoms with Gasteiger partial charge in [0.1, 0.15) is 5.60 Å². The van der Waals surface area contributed by atoms with E-state index in [-0.39, 0.29) is 6.10 Å². The Morgan fingerprint density at radius 2 is 2.43 bits per heavy atom. The Balaban J connectivity index is 2.04. The number of aliphatic hydroxyl groups is 1. The van der Waals surface area contributed by atoms with E-state index in [0.29, 0.717) is 19.4 Å². The van der Waals surface area contributed by atoms with Crippen LogP contribution in [-0.4, -0.2) is 27.6 Å². The number of hydrogen-bond donors (Lipinski definition) is 1. The molecule has 1 N–H and O–H groups in total. The Bertz CT molecular complexity index is 316. The minimum atomic E-state index is -0.717. The number of hydrogen-bond acceptors (Lipinski definition) is 3. The summed E-state index contributed by atoms with van der Waals surface area (Å²) in [5.41, 5.74) is 0.166. The molecule has 1 aromatic rings. The Hall–Kier alpha value is -0.870. The average Bonchev–Trinajstić information content (AvgIpc) is 2.49. The Labute approximate surface area is 83.5 Å². The van der Waals surface area contributed by atoms with Crippen LogP contribution in [0.5, 0.6) is 0 Å². The van der Waals surface area contributed by atoms with Gasteiger partial charge in [-0.3, -0.25) is 4.68 Å². The highest BCUT2D eigenvalue weighted by Crippen LogP contribution is 2.42. The van der Waals surface area contributed by atoms with Crippen molar-refractivity contribution in [3.63, 3.8) is 0 Å². The molecule has 0 unspecified atom stereocenters. The van der Waals surface area contributed by atoms with Gasteiger partial charge in [-0.05, 0) is 13.0 Å². The maximum absolute atomic E-state index is 10.2. The summed E-state index contributed by atoms with van der Waals surface area (Å²) in [7, 11) is 1.85. The van der Waals surface area contributed by atoms with Crippen molar-refractivity contribution >= 4 is 0 Å². The highest BCUT2D eigenvalue weighted by molar-refractivity contribution is 5.17. The molecular weight excluding hydrogens is 180 g/mol. The van der Waals surface area contributed by atoms with Gasteiger partial charge in [0.05, 0.1) is 11.8 Å². The quantitative estimate of drug-likeness (QED) is 0.778. The maximum atomic E-state index is 10.2. The molecule has 0 saturated heterocycles. The van der Waals surface area contributed by atoms with Crippen molar-refractivity contribution in [3.05, 3.63) is 18.0 Å². The molecule has 78 valence electrons. The number of aryl methyl sites for hydroxylation is 1. The summed E-state index contributed by atoms with van der Waals surface area (Å²) >= 11 is 0. The van der Waals surface area contributed by atoms with Crippen molar-refractivity contribution in [1.29, 1.82) is 0 Å². The summed E-state index contributed by atoms with van der Waals surface area (Å²) in [4.78, 5) is 0. The second-order valence-electron chi connectivity index (χ2n) is 3.86. The van der Waals surface area contributed by atoms with Crippen molar-refractivity contribution in [1.82, 2.24) is 9.78 Å². The minimum Gasteiger partial charge on any atom is -0.383 e. The molecule has 4 heteroatoms. The minimum absolute atomic E-state index is 0.208. The molecule has 1 heterocycles. The number of rotatable bonds is 3. The number of aromatic nitrogens is 2. The van der Waals surface area contributed by atoms with Crippen LogP contribution in [0.1, 0.15) is 25.5 Å². The summed E-state index contributed by atoms with van der Waals surface area (Å²) in [6, 6.07) is 1.86. The Morgan fingerprint density at radius 1 is 1.71 bits per heavy atom. The Kier molecular flexibility index (Phi) is 2.33. The van der Waals surface area contributed by atoms with Gasteiger partial charge in [0, 0.05) is 32.7 Å². The molecule has 0 atom stereocenters. The van der Waals surface area contributed by atoms with E-state index in [1.165, 1.54) is 0 Å². The van der Waals surface area contributed by atoms with Crippen molar-refractivity contribution in [3.8, 4) is 0 Å². The van der Waals surface area contributed by atoms with E-state index in [1.54, 1.807) is 10.9 Å². The molecule has 4 nitrogen and oxygen atoms in total. The van der Waals surface area contributed by atoms with Gasteiger partial charge in [-0.25, -0.2) is 0 Å². The van der Waals surface area contributed by atoms with Gasteiger partial charge in [0.15, 0.2) is 0 Å². The monoisotopic (exact) mass is 196 g/mol. The lowest BCUT2D eigenvalue weighted by Crippen LogP contribution is -2.47. The number of nitrogens with zero attached hydrogens (tertiary/aromatic N) is 2. The molecule has 1 aliphatic rings. The van der Waals surface area contributed by atoms with Gasteiger partial charge in [-0.2, -0.15) is 5.10 Å². The Morgan fingerprint density at radius 3 is 2.93 bits per heavy atom. The van der Waals surface area contributed by atoms with Crippen molar-refractivity contribution in [2.45, 2.75) is 31.5 Å². The third-order valence-corrected chi connectivity index (χ3v) is 2.83. The highest BCUT2D eigenvalue weighted by Gasteiger charge is 2.46. The van der Waals surface area contributed by atoms with E-state index < -0.39 is 5.60 Å². The second-order valence-corrected chi connectivity index (χ2v) is 3.86. The zero-order valence-corrected chi connectivity index (χ0v) is 8.60. The van der Waals surface area contributed by atoms with Gasteiger partial charge in [0.2, 0.25) is 0 Å². The first-order chi connectivity index (χ1) is 6.65. The summed E-state index contributed by atoms with van der Waals surface area (Å²) in [5.74, 6) is 0. The third-order valence-electron chi connectivity index (χ3n) is 2.83. The van der Waals surface area contributed by atoms with Crippen LogP contribution in [0.2, 0.25) is 0 Å². The van der Waals surface area contributed by atoms with Crippen LogP contribution in [0.4, 0.5) is 0 Å². The molecule has 0 bridgehead atoms. The van der Waals surface area contributed by atoms with Gasteiger partial charge in [-0.1, -0.05) is 0 Å². The first-order valence-corrected chi connectivity index (χ1v) is 4.98. The largest absolute Gasteiger partial charge is 0.383 e. The predicted octanol–water partition coefficient (Wildman–Crippen LogP) is 0.807. The second kappa shape index (κ2) is 3.37. The highest BCUT2D eigenvalue weighted by atomic mass is 16.5. The fourth-order valence-electron chi connectivity index (χ4n) is 2.09. The normalized spacial score (nSPS) is 31.5. The predicted molar refractivity (Wildman–Crippen MR) is 51.8 cm³/mol. The van der Waals surface area contributed by atoms with E-state index >= 15 is 0 Å².